The van der Waals surface area contributed by atoms with Gasteiger partial charge in [-0.1, -0.05) is 18.2 Å². The minimum Gasteiger partial charge on any atom is -0.360 e. The fraction of sp³-hybridized carbons (Fsp3) is 0.444. The molecule has 0 spiro atoms. The molecule has 1 aromatic heterocycles. The number of nitrogens with zero attached hydrogens (tertiary/aromatic N) is 1. The summed E-state index contributed by atoms with van der Waals surface area (Å²) >= 11 is 0. The highest BCUT2D eigenvalue weighted by Gasteiger charge is 2.20. The van der Waals surface area contributed by atoms with E-state index in [1.54, 1.807) is 0 Å². The van der Waals surface area contributed by atoms with E-state index in [0.29, 0.717) is 6.42 Å². The van der Waals surface area contributed by atoms with Crippen molar-refractivity contribution in [2.45, 2.75) is 31.7 Å². The molecule has 2 aromatic rings. The number of fused-ring (bicyclic) bond motifs is 1. The first kappa shape index (κ1) is 16.5. The number of hydrogen-bond acceptors (Lipinski definition) is 3. The van der Waals surface area contributed by atoms with Gasteiger partial charge < -0.3 is 20.9 Å². The molecule has 24 heavy (non-hydrogen) atoms. The molecule has 6 nitrogen and oxygen atoms in total. The van der Waals surface area contributed by atoms with Crippen LogP contribution in [0.15, 0.2) is 30.5 Å². The van der Waals surface area contributed by atoms with E-state index in [9.17, 15) is 9.59 Å². The number of nitrogens with two attached hydrogens (primary N) is 1. The van der Waals surface area contributed by atoms with Crippen LogP contribution in [0, 0.1) is 0 Å². The summed E-state index contributed by atoms with van der Waals surface area (Å²) in [5, 5.41) is 3.77. The first-order valence-electron chi connectivity index (χ1n) is 8.51. The summed E-state index contributed by atoms with van der Waals surface area (Å²) in [6, 6.07) is 7.62. The lowest BCUT2D eigenvalue weighted by atomic mass is 10.0. The molecule has 2 amide bonds. The molecular formula is C18H24N4O2. The maximum absolute atomic E-state index is 12.4. The number of carbonyl (C=O) groups is 2. The van der Waals surface area contributed by atoms with Gasteiger partial charge >= 0.3 is 6.03 Å². The molecular weight excluding hydrogens is 304 g/mol. The van der Waals surface area contributed by atoms with Gasteiger partial charge in [0.25, 0.3) is 0 Å². The molecule has 1 aliphatic heterocycles. The van der Waals surface area contributed by atoms with E-state index in [0.717, 1.165) is 55.4 Å². The quantitative estimate of drug-likeness (QED) is 0.710. The molecule has 0 bridgehead atoms. The molecule has 6 heteroatoms. The molecule has 1 fully saturated rings. The van der Waals surface area contributed by atoms with Gasteiger partial charge in [-0.2, -0.15) is 0 Å². The van der Waals surface area contributed by atoms with Crippen molar-refractivity contribution < 1.29 is 9.59 Å². The van der Waals surface area contributed by atoms with Crippen LogP contribution in [0.4, 0.5) is 4.79 Å². The van der Waals surface area contributed by atoms with E-state index in [1.807, 2.05) is 30.5 Å². The van der Waals surface area contributed by atoms with Gasteiger partial charge in [0.05, 0.1) is 0 Å². The molecule has 3 rings (SSSR count). The van der Waals surface area contributed by atoms with Crippen molar-refractivity contribution >= 4 is 22.7 Å². The lowest BCUT2D eigenvalue weighted by Gasteiger charge is -2.31. The van der Waals surface area contributed by atoms with Crippen molar-refractivity contribution in [3.63, 3.8) is 0 Å². The number of urea groups is 1. The Bertz CT molecular complexity index is 717. The summed E-state index contributed by atoms with van der Waals surface area (Å²) in [7, 11) is 0. The van der Waals surface area contributed by atoms with Crippen molar-refractivity contribution in [2.24, 2.45) is 5.73 Å². The number of amides is 2. The minimum atomic E-state index is -0.447. The maximum atomic E-state index is 12.4. The van der Waals surface area contributed by atoms with Crippen molar-refractivity contribution in [3.05, 3.63) is 36.0 Å². The van der Waals surface area contributed by atoms with Crippen molar-refractivity contribution in [1.29, 1.82) is 0 Å². The second-order valence-electron chi connectivity index (χ2n) is 6.40. The molecule has 1 saturated heterocycles. The largest absolute Gasteiger partial charge is 0.360 e. The van der Waals surface area contributed by atoms with E-state index in [1.165, 1.54) is 0 Å². The number of aromatic amines is 1. The first-order chi connectivity index (χ1) is 11.6. The number of ketones is 1. The van der Waals surface area contributed by atoms with Gasteiger partial charge in [-0.25, -0.2) is 4.79 Å². The number of nitrogens with one attached hydrogen (secondary N) is 2. The van der Waals surface area contributed by atoms with Crippen molar-refractivity contribution in [3.8, 4) is 0 Å². The highest BCUT2D eigenvalue weighted by molar-refractivity contribution is 6.07. The molecule has 0 unspecified atom stereocenters. The SMILES string of the molecule is NC(=O)NC1CCN(CCCC(=O)c2c[nH]c3ccccc23)CC1. The molecule has 0 radical (unpaired) electrons. The minimum absolute atomic E-state index is 0.187. The van der Waals surface area contributed by atoms with Crippen LogP contribution >= 0.6 is 0 Å². The van der Waals surface area contributed by atoms with Crippen molar-refractivity contribution in [2.75, 3.05) is 19.6 Å². The van der Waals surface area contributed by atoms with Crippen LogP contribution in [-0.4, -0.2) is 47.4 Å². The number of likely N-dealkylation sites (tertiary alicyclic amines) is 1. The number of aromatic nitrogens is 1. The third-order valence-electron chi connectivity index (χ3n) is 4.70. The number of rotatable bonds is 6. The zero-order valence-corrected chi connectivity index (χ0v) is 13.8. The number of hydrogen-bond donors (Lipinski definition) is 3. The number of carbonyl (C=O) groups excluding carboxylic acids is 2. The Kier molecular flexibility index (Phi) is 5.15. The second-order valence-corrected chi connectivity index (χ2v) is 6.40. The monoisotopic (exact) mass is 328 g/mol. The summed E-state index contributed by atoms with van der Waals surface area (Å²) in [5.41, 5.74) is 6.95. The van der Waals surface area contributed by atoms with Gasteiger partial charge in [0, 0.05) is 48.2 Å². The smallest absolute Gasteiger partial charge is 0.312 e. The first-order valence-corrected chi connectivity index (χ1v) is 8.51. The van der Waals surface area contributed by atoms with E-state index in [4.69, 9.17) is 5.73 Å². The Hall–Kier alpha value is -2.34. The molecule has 1 aromatic carbocycles. The molecule has 0 saturated carbocycles. The number of Topliss-reactive ketones (excluding diaryl/α,β-unsaturated/α-hetero) is 1. The summed E-state index contributed by atoms with van der Waals surface area (Å²) < 4.78 is 0. The van der Waals surface area contributed by atoms with E-state index < -0.39 is 6.03 Å². The van der Waals surface area contributed by atoms with Crippen LogP contribution in [0.2, 0.25) is 0 Å². The van der Waals surface area contributed by atoms with Crippen LogP contribution in [0.1, 0.15) is 36.0 Å². The molecule has 128 valence electrons. The Balaban J connectivity index is 1.44. The fourth-order valence-electron chi connectivity index (χ4n) is 3.40. The summed E-state index contributed by atoms with van der Waals surface area (Å²) in [6.07, 6.45) is 5.06. The molecule has 4 N–H and O–H groups in total. The maximum Gasteiger partial charge on any atom is 0.312 e. The number of benzene rings is 1. The second kappa shape index (κ2) is 7.49. The average Bonchev–Trinajstić information content (AvgIpc) is 3.00. The average molecular weight is 328 g/mol. The van der Waals surface area contributed by atoms with Gasteiger partial charge in [-0.15, -0.1) is 0 Å². The Morgan fingerprint density at radius 1 is 1.25 bits per heavy atom. The molecule has 0 aliphatic carbocycles. The Morgan fingerprint density at radius 3 is 2.75 bits per heavy atom. The van der Waals surface area contributed by atoms with Gasteiger partial charge in [-0.3, -0.25) is 4.79 Å². The van der Waals surface area contributed by atoms with E-state index in [-0.39, 0.29) is 11.8 Å². The summed E-state index contributed by atoms with van der Waals surface area (Å²) in [6.45, 7) is 2.79. The molecule has 2 heterocycles. The molecule has 0 atom stereocenters. The van der Waals surface area contributed by atoms with E-state index >= 15 is 0 Å². The van der Waals surface area contributed by atoms with Crippen LogP contribution in [0.3, 0.4) is 0 Å². The zero-order valence-electron chi connectivity index (χ0n) is 13.8. The highest BCUT2D eigenvalue weighted by atomic mass is 16.2. The zero-order chi connectivity index (χ0) is 16.9. The van der Waals surface area contributed by atoms with Crippen LogP contribution in [-0.2, 0) is 0 Å². The number of para-hydroxylation sites is 1. The van der Waals surface area contributed by atoms with Gasteiger partial charge in [0.2, 0.25) is 0 Å². The summed E-state index contributed by atoms with van der Waals surface area (Å²) in [5.74, 6) is 0.192. The predicted octanol–water partition coefficient (Wildman–Crippen LogP) is 2.26. The fourth-order valence-corrected chi connectivity index (χ4v) is 3.40. The number of primary amides is 1. The lowest BCUT2D eigenvalue weighted by Crippen LogP contribution is -2.46. The highest BCUT2D eigenvalue weighted by Crippen LogP contribution is 2.20. The van der Waals surface area contributed by atoms with Crippen LogP contribution in [0.25, 0.3) is 10.9 Å². The normalized spacial score (nSPS) is 16.3. The van der Waals surface area contributed by atoms with E-state index in [2.05, 4.69) is 15.2 Å². The van der Waals surface area contributed by atoms with Crippen LogP contribution < -0.4 is 11.1 Å². The van der Waals surface area contributed by atoms with Crippen LogP contribution in [0.5, 0.6) is 0 Å². The van der Waals surface area contributed by atoms with Gasteiger partial charge in [0.1, 0.15) is 0 Å². The summed E-state index contributed by atoms with van der Waals surface area (Å²) in [4.78, 5) is 28.8. The third kappa shape index (κ3) is 3.94. The Labute approximate surface area is 141 Å². The standard InChI is InChI=1S/C18H24N4O2/c19-18(24)21-13-7-10-22(11-8-13)9-3-6-17(23)15-12-20-16-5-2-1-4-14(15)16/h1-2,4-5,12-13,20H,3,6-11H2,(H3,19,21,24). The topological polar surface area (TPSA) is 91.2 Å². The van der Waals surface area contributed by atoms with Gasteiger partial charge in [-0.05, 0) is 31.9 Å². The third-order valence-corrected chi connectivity index (χ3v) is 4.70. The lowest BCUT2D eigenvalue weighted by molar-refractivity contribution is 0.0973. The van der Waals surface area contributed by atoms with Crippen molar-refractivity contribution in [1.82, 2.24) is 15.2 Å². The van der Waals surface area contributed by atoms with Gasteiger partial charge in [0.15, 0.2) is 5.78 Å². The number of piperidine rings is 1. The number of H-pyrrole nitrogens is 1. The Morgan fingerprint density at radius 2 is 2.00 bits per heavy atom. The predicted molar refractivity (Wildman–Crippen MR) is 94.0 cm³/mol. The molecule has 1 aliphatic rings.